The first-order valence-electron chi connectivity index (χ1n) is 9.22. The lowest BCUT2D eigenvalue weighted by Crippen LogP contribution is -2.24. The third-order valence-corrected chi connectivity index (χ3v) is 5.85. The summed E-state index contributed by atoms with van der Waals surface area (Å²) in [7, 11) is -2.58. The van der Waals surface area contributed by atoms with Crippen LogP contribution in [0, 0.1) is 0 Å². The summed E-state index contributed by atoms with van der Waals surface area (Å²) in [5, 5.41) is 9.15. The molecule has 0 aliphatic carbocycles. The van der Waals surface area contributed by atoms with Crippen LogP contribution in [-0.2, 0) is 19.6 Å². The fraction of sp³-hybridized carbons (Fsp3) is 0.200. The predicted molar refractivity (Wildman–Crippen MR) is 109 cm³/mol. The molecule has 0 saturated carbocycles. The molecule has 0 spiro atoms. The molecule has 1 amide bonds. The molecule has 1 saturated heterocycles. The molecular weight excluding hydrogens is 424 g/mol. The van der Waals surface area contributed by atoms with Crippen molar-refractivity contribution in [1.29, 1.82) is 0 Å². The first-order valence-corrected chi connectivity index (χ1v) is 10.8. The number of primary sulfonamides is 1. The molecule has 1 aromatic heterocycles. The smallest absolute Gasteiger partial charge is 0.337 e. The number of benzene rings is 2. The van der Waals surface area contributed by atoms with Crippen LogP contribution < -0.4 is 10.0 Å². The maximum Gasteiger partial charge on any atom is 0.337 e. The molecule has 2 N–H and O–H groups in total. The molecule has 1 unspecified atom stereocenters. The van der Waals surface area contributed by atoms with Crippen molar-refractivity contribution < 1.29 is 27.3 Å². The molecule has 3 aromatic rings. The van der Waals surface area contributed by atoms with Crippen molar-refractivity contribution in [1.82, 2.24) is 10.1 Å². The van der Waals surface area contributed by atoms with Crippen molar-refractivity contribution in [3.8, 4) is 11.4 Å². The Hall–Kier alpha value is -3.57. The van der Waals surface area contributed by atoms with E-state index in [2.05, 4.69) is 14.9 Å². The van der Waals surface area contributed by atoms with Gasteiger partial charge < -0.3 is 14.2 Å². The van der Waals surface area contributed by atoms with Gasteiger partial charge in [0.2, 0.25) is 27.6 Å². The minimum absolute atomic E-state index is 0.0725. The van der Waals surface area contributed by atoms with E-state index in [4.69, 9.17) is 9.66 Å². The standard InChI is InChI=1S/C20H18N4O6S/c1-29-20(26)13-7-5-12(6-8-13)18-22-19(30-23-18)14-9-17(25)24(11-14)15-3-2-4-16(10-15)31(21,27)28/h2-8,10,14H,9,11H2,1H3,(H2,21,27,28). The minimum Gasteiger partial charge on any atom is -0.465 e. The quantitative estimate of drug-likeness (QED) is 0.588. The van der Waals surface area contributed by atoms with E-state index < -0.39 is 16.0 Å². The number of sulfonamides is 1. The van der Waals surface area contributed by atoms with Crippen LogP contribution in [0.25, 0.3) is 11.4 Å². The topological polar surface area (TPSA) is 146 Å². The van der Waals surface area contributed by atoms with Crippen molar-refractivity contribution in [2.75, 3.05) is 18.6 Å². The Morgan fingerprint density at radius 3 is 2.65 bits per heavy atom. The lowest BCUT2D eigenvalue weighted by molar-refractivity contribution is -0.117. The van der Waals surface area contributed by atoms with Gasteiger partial charge in [0, 0.05) is 24.2 Å². The lowest BCUT2D eigenvalue weighted by Gasteiger charge is -2.16. The number of amides is 1. The number of aromatic nitrogens is 2. The van der Waals surface area contributed by atoms with Gasteiger partial charge in [-0.2, -0.15) is 4.98 Å². The van der Waals surface area contributed by atoms with Crippen LogP contribution in [0.4, 0.5) is 5.69 Å². The Balaban J connectivity index is 1.53. The molecule has 1 atom stereocenters. The van der Waals surface area contributed by atoms with Crippen molar-refractivity contribution in [2.24, 2.45) is 5.14 Å². The Morgan fingerprint density at radius 2 is 1.97 bits per heavy atom. The number of esters is 1. The largest absolute Gasteiger partial charge is 0.465 e. The predicted octanol–water partition coefficient (Wildman–Crippen LogP) is 1.69. The van der Waals surface area contributed by atoms with E-state index in [1.54, 1.807) is 30.3 Å². The molecule has 2 aromatic carbocycles. The molecule has 0 bridgehead atoms. The summed E-state index contributed by atoms with van der Waals surface area (Å²) in [6.45, 7) is 0.260. The highest BCUT2D eigenvalue weighted by molar-refractivity contribution is 7.89. The number of hydrogen-bond donors (Lipinski definition) is 1. The fourth-order valence-corrected chi connectivity index (χ4v) is 3.90. The average Bonchev–Trinajstić information content (AvgIpc) is 3.40. The van der Waals surface area contributed by atoms with Crippen molar-refractivity contribution in [3.63, 3.8) is 0 Å². The first kappa shape index (κ1) is 20.7. The number of nitrogens with two attached hydrogens (primary N) is 1. The summed E-state index contributed by atoms with van der Waals surface area (Å²) in [5.41, 5.74) is 1.47. The van der Waals surface area contributed by atoms with Crippen molar-refractivity contribution >= 4 is 27.6 Å². The van der Waals surface area contributed by atoms with E-state index in [0.29, 0.717) is 28.5 Å². The van der Waals surface area contributed by atoms with Crippen molar-refractivity contribution in [3.05, 3.63) is 60.0 Å². The maximum atomic E-state index is 12.5. The second-order valence-corrected chi connectivity index (χ2v) is 8.53. The third-order valence-electron chi connectivity index (χ3n) is 4.94. The van der Waals surface area contributed by atoms with Crippen LogP contribution in [-0.4, -0.2) is 44.1 Å². The van der Waals surface area contributed by atoms with Gasteiger partial charge in [-0.15, -0.1) is 0 Å². The van der Waals surface area contributed by atoms with Crippen LogP contribution in [0.2, 0.25) is 0 Å². The molecular formula is C20H18N4O6S. The highest BCUT2D eigenvalue weighted by Gasteiger charge is 2.35. The van der Waals surface area contributed by atoms with Crippen LogP contribution in [0.15, 0.2) is 57.9 Å². The zero-order chi connectivity index (χ0) is 22.2. The number of methoxy groups -OCH3 is 1. The SMILES string of the molecule is COC(=O)c1ccc(-c2noc(C3CC(=O)N(c4cccc(S(N)(=O)=O)c4)C3)n2)cc1. The van der Waals surface area contributed by atoms with E-state index in [1.807, 2.05) is 0 Å². The molecule has 1 aliphatic rings. The van der Waals surface area contributed by atoms with Gasteiger partial charge in [-0.1, -0.05) is 23.4 Å². The Labute approximate surface area is 177 Å². The monoisotopic (exact) mass is 442 g/mol. The van der Waals surface area contributed by atoms with E-state index in [9.17, 15) is 18.0 Å². The third kappa shape index (κ3) is 4.18. The van der Waals surface area contributed by atoms with Gasteiger partial charge in [-0.25, -0.2) is 18.4 Å². The molecule has 4 rings (SSSR count). The summed E-state index contributed by atoms with van der Waals surface area (Å²) >= 11 is 0. The van der Waals surface area contributed by atoms with E-state index in [1.165, 1.54) is 30.2 Å². The second-order valence-electron chi connectivity index (χ2n) is 6.97. The molecule has 0 radical (unpaired) electrons. The van der Waals surface area contributed by atoms with Gasteiger partial charge in [0.1, 0.15) is 0 Å². The number of anilines is 1. The Kier molecular flexibility index (Phi) is 5.29. The molecule has 10 nitrogen and oxygen atoms in total. The molecule has 160 valence electrons. The number of carbonyl (C=O) groups is 2. The van der Waals surface area contributed by atoms with Gasteiger partial charge in [0.25, 0.3) is 0 Å². The molecule has 2 heterocycles. The normalized spacial score (nSPS) is 16.5. The first-order chi connectivity index (χ1) is 14.8. The van der Waals surface area contributed by atoms with E-state index in [-0.39, 0.29) is 29.7 Å². The van der Waals surface area contributed by atoms with E-state index in [0.717, 1.165) is 0 Å². The summed E-state index contributed by atoms with van der Waals surface area (Å²) in [5.74, 6) is -0.365. The maximum absolute atomic E-state index is 12.5. The second kappa shape index (κ2) is 7.93. The highest BCUT2D eigenvalue weighted by Crippen LogP contribution is 2.32. The van der Waals surface area contributed by atoms with Gasteiger partial charge in [0.15, 0.2) is 0 Å². The van der Waals surface area contributed by atoms with Crippen molar-refractivity contribution in [2.45, 2.75) is 17.2 Å². The van der Waals surface area contributed by atoms with Crippen LogP contribution >= 0.6 is 0 Å². The average molecular weight is 442 g/mol. The van der Waals surface area contributed by atoms with Gasteiger partial charge >= 0.3 is 5.97 Å². The van der Waals surface area contributed by atoms with Crippen LogP contribution in [0.1, 0.15) is 28.6 Å². The number of rotatable bonds is 5. The summed E-state index contributed by atoms with van der Waals surface area (Å²) in [6.07, 6.45) is 0.141. The number of hydrogen-bond acceptors (Lipinski definition) is 8. The lowest BCUT2D eigenvalue weighted by atomic mass is 10.1. The van der Waals surface area contributed by atoms with Gasteiger partial charge in [0.05, 0.1) is 23.5 Å². The molecule has 31 heavy (non-hydrogen) atoms. The van der Waals surface area contributed by atoms with Crippen LogP contribution in [0.5, 0.6) is 0 Å². The number of ether oxygens (including phenoxy) is 1. The Bertz CT molecular complexity index is 1250. The summed E-state index contributed by atoms with van der Waals surface area (Å²) in [6, 6.07) is 12.4. The van der Waals surface area contributed by atoms with E-state index >= 15 is 0 Å². The molecule has 11 heteroatoms. The Morgan fingerprint density at radius 1 is 1.23 bits per heavy atom. The van der Waals surface area contributed by atoms with Crippen LogP contribution in [0.3, 0.4) is 0 Å². The van der Waals surface area contributed by atoms with Gasteiger partial charge in [-0.05, 0) is 30.3 Å². The summed E-state index contributed by atoms with van der Waals surface area (Å²) in [4.78, 5) is 29.9. The number of carbonyl (C=O) groups excluding carboxylic acids is 2. The zero-order valence-corrected chi connectivity index (χ0v) is 17.2. The molecule has 1 fully saturated rings. The highest BCUT2D eigenvalue weighted by atomic mass is 32.2. The van der Waals surface area contributed by atoms with Gasteiger partial charge in [-0.3, -0.25) is 4.79 Å². The molecule has 1 aliphatic heterocycles. The zero-order valence-electron chi connectivity index (χ0n) is 16.4. The summed E-state index contributed by atoms with van der Waals surface area (Å²) < 4.78 is 33.2. The fourth-order valence-electron chi connectivity index (χ4n) is 3.34. The minimum atomic E-state index is -3.88. The number of nitrogens with zero attached hydrogens (tertiary/aromatic N) is 3.